The molecule has 5 nitrogen and oxygen atoms in total. The van der Waals surface area contributed by atoms with Crippen molar-refractivity contribution in [3.63, 3.8) is 0 Å². The summed E-state index contributed by atoms with van der Waals surface area (Å²) in [5.74, 6) is 0.679. The van der Waals surface area contributed by atoms with Gasteiger partial charge in [-0.25, -0.2) is 4.31 Å². The number of hydrogen-bond acceptors (Lipinski definition) is 5. The number of hydrogen-bond donors (Lipinski definition) is 3. The van der Waals surface area contributed by atoms with E-state index in [4.69, 9.17) is 4.74 Å². The second-order valence-corrected chi connectivity index (χ2v) is 8.66. The standard InChI is InChI=1S/C21H24N2O3S/c1-22-13-7-12-21-26-20-15-17-9-6-5-8-16(17)14-19(20)23(27(21,24)25)18-10-3-2-4-11-18/h2-6,8-11,14-15,21-22,24-25H,7,12-13H2,1H3/t21-/m0/s1. The zero-order valence-electron chi connectivity index (χ0n) is 15.2. The summed E-state index contributed by atoms with van der Waals surface area (Å²) in [7, 11) is -1.31. The average Bonchev–Trinajstić information content (AvgIpc) is 2.67. The molecule has 0 aliphatic carbocycles. The molecule has 0 aromatic heterocycles. The largest absolute Gasteiger partial charge is 0.467 e. The van der Waals surface area contributed by atoms with E-state index in [-0.39, 0.29) is 0 Å². The third-order valence-corrected chi connectivity index (χ3v) is 6.77. The highest BCUT2D eigenvalue weighted by Gasteiger charge is 2.41. The van der Waals surface area contributed by atoms with Gasteiger partial charge in [-0.3, -0.25) is 9.11 Å². The quantitative estimate of drug-likeness (QED) is 0.517. The minimum atomic E-state index is -3.20. The van der Waals surface area contributed by atoms with E-state index in [2.05, 4.69) is 5.32 Å². The molecule has 0 radical (unpaired) electrons. The summed E-state index contributed by atoms with van der Waals surface area (Å²) in [6.07, 6.45) is 1.35. The van der Waals surface area contributed by atoms with Crippen molar-refractivity contribution in [2.24, 2.45) is 0 Å². The van der Waals surface area contributed by atoms with Crippen LogP contribution in [0.25, 0.3) is 10.8 Å². The van der Waals surface area contributed by atoms with Crippen LogP contribution in [0.1, 0.15) is 12.8 Å². The average molecular weight is 385 g/mol. The molecule has 0 saturated carbocycles. The summed E-state index contributed by atoms with van der Waals surface area (Å²) in [6.45, 7) is 0.797. The van der Waals surface area contributed by atoms with Crippen molar-refractivity contribution in [3.05, 3.63) is 66.7 Å². The van der Waals surface area contributed by atoms with E-state index in [9.17, 15) is 9.11 Å². The Morgan fingerprint density at radius 3 is 2.37 bits per heavy atom. The molecule has 1 aliphatic rings. The van der Waals surface area contributed by atoms with Crippen molar-refractivity contribution in [2.45, 2.75) is 18.3 Å². The van der Waals surface area contributed by atoms with Crippen molar-refractivity contribution in [1.29, 1.82) is 0 Å². The lowest BCUT2D eigenvalue weighted by Gasteiger charge is -2.52. The molecule has 3 aromatic rings. The van der Waals surface area contributed by atoms with Crippen molar-refractivity contribution in [2.75, 3.05) is 17.9 Å². The third kappa shape index (κ3) is 3.37. The Balaban J connectivity index is 1.85. The van der Waals surface area contributed by atoms with Crippen LogP contribution in [-0.2, 0) is 0 Å². The van der Waals surface area contributed by atoms with Crippen LogP contribution in [0.3, 0.4) is 0 Å². The lowest BCUT2D eigenvalue weighted by molar-refractivity contribution is 0.236. The van der Waals surface area contributed by atoms with E-state index in [1.165, 1.54) is 0 Å². The Hall–Kier alpha value is -2.25. The maximum Gasteiger partial charge on any atom is 0.206 e. The number of rotatable bonds is 5. The van der Waals surface area contributed by atoms with Gasteiger partial charge in [-0.1, -0.05) is 53.2 Å². The maximum atomic E-state index is 11.2. The maximum absolute atomic E-state index is 11.2. The Kier molecular flexibility index (Phi) is 4.97. The molecule has 1 atom stereocenters. The van der Waals surface area contributed by atoms with Gasteiger partial charge >= 0.3 is 0 Å². The molecule has 1 aliphatic heterocycles. The molecule has 0 spiro atoms. The number of nitrogens with zero attached hydrogens (tertiary/aromatic N) is 1. The first-order valence-corrected chi connectivity index (χ1v) is 10.6. The van der Waals surface area contributed by atoms with Gasteiger partial charge in [0.25, 0.3) is 0 Å². The van der Waals surface area contributed by atoms with Crippen LogP contribution in [0.15, 0.2) is 66.7 Å². The summed E-state index contributed by atoms with van der Waals surface area (Å²) < 4.78 is 30.1. The van der Waals surface area contributed by atoms with Gasteiger partial charge in [-0.15, -0.1) is 0 Å². The fraction of sp³-hybridized carbons (Fsp3) is 0.238. The van der Waals surface area contributed by atoms with E-state index in [1.54, 1.807) is 4.31 Å². The van der Waals surface area contributed by atoms with Gasteiger partial charge in [-0.2, -0.15) is 0 Å². The van der Waals surface area contributed by atoms with Crippen LogP contribution in [0.4, 0.5) is 11.4 Å². The summed E-state index contributed by atoms with van der Waals surface area (Å²) in [5.41, 5.74) is 0.750. The lowest BCUT2D eigenvalue weighted by atomic mass is 10.1. The normalized spacial score (nSPS) is 19.4. The molecule has 0 unspecified atom stereocenters. The number of anilines is 2. The van der Waals surface area contributed by atoms with Gasteiger partial charge < -0.3 is 10.1 Å². The molecule has 4 rings (SSSR count). The van der Waals surface area contributed by atoms with E-state index in [0.717, 1.165) is 29.4 Å². The second-order valence-electron chi connectivity index (χ2n) is 6.65. The van der Waals surface area contributed by atoms with Crippen molar-refractivity contribution >= 4 is 32.9 Å². The van der Waals surface area contributed by atoms with Gasteiger partial charge in [0, 0.05) is 6.42 Å². The first-order valence-electron chi connectivity index (χ1n) is 9.08. The molecule has 3 aromatic carbocycles. The Labute approximate surface area is 161 Å². The highest BCUT2D eigenvalue weighted by Crippen LogP contribution is 2.62. The topological polar surface area (TPSA) is 65.0 Å². The molecule has 3 N–H and O–H groups in total. The molecular weight excluding hydrogens is 360 g/mol. The van der Waals surface area contributed by atoms with Gasteiger partial charge in [0.1, 0.15) is 11.4 Å². The zero-order valence-corrected chi connectivity index (χ0v) is 16.0. The minimum absolute atomic E-state index is 0.554. The molecule has 0 fully saturated rings. The fourth-order valence-corrected chi connectivity index (χ4v) is 5.26. The van der Waals surface area contributed by atoms with Crippen LogP contribution < -0.4 is 14.4 Å². The number of benzene rings is 3. The third-order valence-electron chi connectivity index (χ3n) is 4.78. The van der Waals surface area contributed by atoms with Crippen LogP contribution >= 0.6 is 10.8 Å². The summed E-state index contributed by atoms with van der Waals surface area (Å²) in [5, 5.41) is 5.20. The Morgan fingerprint density at radius 1 is 1.00 bits per heavy atom. The molecule has 0 bridgehead atoms. The highest BCUT2D eigenvalue weighted by atomic mass is 32.3. The predicted molar refractivity (Wildman–Crippen MR) is 113 cm³/mol. The molecule has 142 valence electrons. The van der Waals surface area contributed by atoms with Crippen LogP contribution in [0.5, 0.6) is 5.75 Å². The molecule has 0 amide bonds. The molecule has 6 heteroatoms. The molecule has 1 heterocycles. The lowest BCUT2D eigenvalue weighted by Crippen LogP contribution is -2.39. The zero-order chi connectivity index (χ0) is 18.9. The van der Waals surface area contributed by atoms with E-state index in [1.807, 2.05) is 73.8 Å². The van der Waals surface area contributed by atoms with E-state index < -0.39 is 16.2 Å². The van der Waals surface area contributed by atoms with Gasteiger partial charge in [0.2, 0.25) is 5.44 Å². The minimum Gasteiger partial charge on any atom is -0.467 e. The smallest absolute Gasteiger partial charge is 0.206 e. The Morgan fingerprint density at radius 2 is 1.67 bits per heavy atom. The summed E-state index contributed by atoms with van der Waals surface area (Å²) in [4.78, 5) is 0. The monoisotopic (exact) mass is 384 g/mol. The molecule has 0 saturated heterocycles. The van der Waals surface area contributed by atoms with Gasteiger partial charge in [0.15, 0.2) is 0 Å². The number of para-hydroxylation sites is 1. The second kappa shape index (κ2) is 7.40. The van der Waals surface area contributed by atoms with Crippen molar-refractivity contribution in [3.8, 4) is 5.75 Å². The summed E-state index contributed by atoms with van der Waals surface area (Å²) >= 11 is 0. The van der Waals surface area contributed by atoms with Crippen LogP contribution in [-0.4, -0.2) is 28.1 Å². The number of nitrogens with one attached hydrogen (secondary N) is 1. The van der Waals surface area contributed by atoms with Crippen molar-refractivity contribution < 1.29 is 13.8 Å². The van der Waals surface area contributed by atoms with E-state index in [0.29, 0.717) is 17.9 Å². The highest BCUT2D eigenvalue weighted by molar-refractivity contribution is 8.26. The van der Waals surface area contributed by atoms with Crippen LogP contribution in [0.2, 0.25) is 0 Å². The van der Waals surface area contributed by atoms with Gasteiger partial charge in [-0.05, 0) is 55.1 Å². The van der Waals surface area contributed by atoms with Crippen molar-refractivity contribution in [1.82, 2.24) is 5.32 Å². The van der Waals surface area contributed by atoms with Gasteiger partial charge in [0.05, 0.1) is 5.69 Å². The first kappa shape index (κ1) is 18.1. The molecule has 27 heavy (non-hydrogen) atoms. The number of fused-ring (bicyclic) bond motifs is 2. The SMILES string of the molecule is CNCCC[C@H]1Oc2cc3ccccc3cc2N(c2ccccc2)S1(O)O. The van der Waals surface area contributed by atoms with E-state index >= 15 is 0 Å². The fourth-order valence-electron chi connectivity index (χ4n) is 3.45. The van der Waals surface area contributed by atoms with Crippen LogP contribution in [0, 0.1) is 0 Å². The Bertz CT molecular complexity index is 933. The molecular formula is C21H24N2O3S. The predicted octanol–water partition coefficient (Wildman–Crippen LogP) is 5.36. The number of ether oxygens (including phenoxy) is 1. The first-order chi connectivity index (χ1) is 13.1. The summed E-state index contributed by atoms with van der Waals surface area (Å²) in [6, 6.07) is 21.5.